The van der Waals surface area contributed by atoms with E-state index in [0.29, 0.717) is 0 Å². The Hall–Kier alpha value is -1.66. The first kappa shape index (κ1) is 12.3. The van der Waals surface area contributed by atoms with Crippen molar-refractivity contribution in [1.82, 2.24) is 5.32 Å². The van der Waals surface area contributed by atoms with Crippen molar-refractivity contribution < 1.29 is 29.0 Å². The standard InChI is InChI=1S/C7H10FNO5/c8-3-5(10)9-4(7(13)14)1-2-6(11)12/h4H,1-3H2,(H,9,10)(H,11,12)(H,13,14)/t4-/m0/s1. The van der Waals surface area contributed by atoms with E-state index in [2.05, 4.69) is 0 Å². The number of alkyl halides is 1. The quantitative estimate of drug-likeness (QED) is 0.539. The minimum atomic E-state index is -1.38. The Morgan fingerprint density at radius 1 is 1.29 bits per heavy atom. The van der Waals surface area contributed by atoms with Gasteiger partial charge in [0.1, 0.15) is 6.04 Å². The molecule has 1 atom stereocenters. The molecule has 6 nitrogen and oxygen atoms in total. The van der Waals surface area contributed by atoms with Gasteiger partial charge in [0.05, 0.1) is 0 Å². The van der Waals surface area contributed by atoms with Crippen LogP contribution in [0.3, 0.4) is 0 Å². The highest BCUT2D eigenvalue weighted by Crippen LogP contribution is 1.97. The minimum Gasteiger partial charge on any atom is -0.481 e. The molecule has 0 aromatic rings. The number of carbonyl (C=O) groups excluding carboxylic acids is 1. The number of carbonyl (C=O) groups is 3. The number of nitrogens with one attached hydrogen (secondary N) is 1. The molecule has 3 N–H and O–H groups in total. The van der Waals surface area contributed by atoms with E-state index in [9.17, 15) is 18.8 Å². The molecule has 0 aliphatic heterocycles. The third kappa shape index (κ3) is 5.07. The van der Waals surface area contributed by atoms with E-state index >= 15 is 0 Å². The number of hydrogen-bond acceptors (Lipinski definition) is 3. The van der Waals surface area contributed by atoms with Crippen LogP contribution in [0.2, 0.25) is 0 Å². The zero-order valence-corrected chi connectivity index (χ0v) is 7.20. The molecule has 0 saturated carbocycles. The van der Waals surface area contributed by atoms with Crippen molar-refractivity contribution in [1.29, 1.82) is 0 Å². The molecule has 0 bridgehead atoms. The third-order valence-corrected chi connectivity index (χ3v) is 1.40. The summed E-state index contributed by atoms with van der Waals surface area (Å²) >= 11 is 0. The first-order chi connectivity index (χ1) is 6.47. The second kappa shape index (κ2) is 5.90. The van der Waals surface area contributed by atoms with Gasteiger partial charge in [-0.05, 0) is 6.42 Å². The van der Waals surface area contributed by atoms with Crippen molar-refractivity contribution in [3.05, 3.63) is 0 Å². The topological polar surface area (TPSA) is 104 Å². The van der Waals surface area contributed by atoms with E-state index < -0.39 is 37.0 Å². The first-order valence-corrected chi connectivity index (χ1v) is 3.77. The molecule has 0 spiro atoms. The van der Waals surface area contributed by atoms with Crippen LogP contribution in [0.15, 0.2) is 0 Å². The van der Waals surface area contributed by atoms with Crippen LogP contribution in [-0.2, 0) is 14.4 Å². The summed E-state index contributed by atoms with van der Waals surface area (Å²) in [5.74, 6) is -3.62. The lowest BCUT2D eigenvalue weighted by molar-refractivity contribution is -0.143. The Labute approximate surface area is 78.7 Å². The van der Waals surface area contributed by atoms with Gasteiger partial charge in [0.15, 0.2) is 6.67 Å². The van der Waals surface area contributed by atoms with Crippen molar-refractivity contribution in [3.8, 4) is 0 Å². The smallest absolute Gasteiger partial charge is 0.326 e. The van der Waals surface area contributed by atoms with Crippen molar-refractivity contribution in [2.75, 3.05) is 6.67 Å². The van der Waals surface area contributed by atoms with Gasteiger partial charge in [0.25, 0.3) is 5.91 Å². The van der Waals surface area contributed by atoms with Crippen LogP contribution in [0, 0.1) is 0 Å². The summed E-state index contributed by atoms with van der Waals surface area (Å²) < 4.78 is 11.7. The van der Waals surface area contributed by atoms with Gasteiger partial charge in [-0.25, -0.2) is 9.18 Å². The van der Waals surface area contributed by atoms with E-state index in [-0.39, 0.29) is 6.42 Å². The van der Waals surface area contributed by atoms with Crippen molar-refractivity contribution in [3.63, 3.8) is 0 Å². The van der Waals surface area contributed by atoms with Gasteiger partial charge >= 0.3 is 11.9 Å². The van der Waals surface area contributed by atoms with Gasteiger partial charge in [0, 0.05) is 6.42 Å². The van der Waals surface area contributed by atoms with Crippen LogP contribution in [0.25, 0.3) is 0 Å². The van der Waals surface area contributed by atoms with Gasteiger partial charge < -0.3 is 15.5 Å². The molecule has 0 aliphatic rings. The van der Waals surface area contributed by atoms with E-state index in [0.717, 1.165) is 0 Å². The molecule has 0 aromatic carbocycles. The van der Waals surface area contributed by atoms with Crippen LogP contribution in [-0.4, -0.2) is 40.8 Å². The largest absolute Gasteiger partial charge is 0.481 e. The van der Waals surface area contributed by atoms with Crippen LogP contribution >= 0.6 is 0 Å². The van der Waals surface area contributed by atoms with Gasteiger partial charge in [-0.15, -0.1) is 0 Å². The van der Waals surface area contributed by atoms with Crippen LogP contribution in [0.5, 0.6) is 0 Å². The monoisotopic (exact) mass is 207 g/mol. The SMILES string of the molecule is O=C(O)CC[C@H](NC(=O)CF)C(=O)O. The predicted molar refractivity (Wildman–Crippen MR) is 42.4 cm³/mol. The Bertz CT molecular complexity index is 242. The van der Waals surface area contributed by atoms with Crippen molar-refractivity contribution >= 4 is 17.8 Å². The maximum atomic E-state index is 11.7. The molecular formula is C7H10FNO5. The summed E-state index contributed by atoms with van der Waals surface area (Å²) in [6.07, 6.45) is -0.667. The fraction of sp³-hybridized carbons (Fsp3) is 0.571. The van der Waals surface area contributed by atoms with E-state index in [4.69, 9.17) is 10.2 Å². The molecule has 14 heavy (non-hydrogen) atoms. The molecule has 0 aromatic heterocycles. The summed E-state index contributed by atoms with van der Waals surface area (Å²) in [4.78, 5) is 31.0. The van der Waals surface area contributed by atoms with E-state index in [1.54, 1.807) is 0 Å². The fourth-order valence-electron chi connectivity index (χ4n) is 0.758. The highest BCUT2D eigenvalue weighted by atomic mass is 19.1. The molecule has 0 fully saturated rings. The zero-order chi connectivity index (χ0) is 11.1. The Morgan fingerprint density at radius 3 is 2.21 bits per heavy atom. The molecule has 0 unspecified atom stereocenters. The lowest BCUT2D eigenvalue weighted by Crippen LogP contribution is -2.41. The summed E-state index contributed by atoms with van der Waals surface area (Å²) in [5, 5.41) is 18.6. The number of halogens is 1. The molecule has 0 saturated heterocycles. The summed E-state index contributed by atoms with van der Waals surface area (Å²) in [7, 11) is 0. The fourth-order valence-corrected chi connectivity index (χ4v) is 0.758. The lowest BCUT2D eigenvalue weighted by atomic mass is 10.1. The second-order valence-corrected chi connectivity index (χ2v) is 2.52. The summed E-state index contributed by atoms with van der Waals surface area (Å²) in [5.41, 5.74) is 0. The lowest BCUT2D eigenvalue weighted by Gasteiger charge is -2.11. The average Bonchev–Trinajstić information content (AvgIpc) is 2.10. The van der Waals surface area contributed by atoms with Crippen LogP contribution in [0.1, 0.15) is 12.8 Å². The Balaban J connectivity index is 4.09. The summed E-state index contributed by atoms with van der Waals surface area (Å²) in [6.45, 7) is -1.32. The Kier molecular flexibility index (Phi) is 5.20. The maximum Gasteiger partial charge on any atom is 0.326 e. The van der Waals surface area contributed by atoms with Crippen LogP contribution in [0.4, 0.5) is 4.39 Å². The number of aliphatic carboxylic acids is 2. The third-order valence-electron chi connectivity index (χ3n) is 1.40. The molecule has 1 amide bonds. The minimum absolute atomic E-state index is 0.267. The average molecular weight is 207 g/mol. The molecule has 0 radical (unpaired) electrons. The first-order valence-electron chi connectivity index (χ1n) is 3.77. The molecular weight excluding hydrogens is 197 g/mol. The molecule has 7 heteroatoms. The molecule has 0 heterocycles. The highest BCUT2D eigenvalue weighted by Gasteiger charge is 2.20. The number of hydrogen-bond donors (Lipinski definition) is 3. The van der Waals surface area contributed by atoms with Gasteiger partial charge in [0.2, 0.25) is 0 Å². The normalized spacial score (nSPS) is 11.8. The number of carboxylic acids is 2. The highest BCUT2D eigenvalue weighted by molar-refractivity contribution is 5.84. The predicted octanol–water partition coefficient (Wildman–Crippen LogP) is -0.610. The zero-order valence-electron chi connectivity index (χ0n) is 7.20. The van der Waals surface area contributed by atoms with Crippen molar-refractivity contribution in [2.24, 2.45) is 0 Å². The molecule has 0 rings (SSSR count). The maximum absolute atomic E-state index is 11.7. The van der Waals surface area contributed by atoms with Crippen molar-refractivity contribution in [2.45, 2.75) is 18.9 Å². The van der Waals surface area contributed by atoms with Gasteiger partial charge in [-0.1, -0.05) is 0 Å². The van der Waals surface area contributed by atoms with Gasteiger partial charge in [-0.3, -0.25) is 9.59 Å². The van der Waals surface area contributed by atoms with Gasteiger partial charge in [-0.2, -0.15) is 0 Å². The summed E-state index contributed by atoms with van der Waals surface area (Å²) in [6, 6.07) is -1.35. The second-order valence-electron chi connectivity index (χ2n) is 2.52. The van der Waals surface area contributed by atoms with E-state index in [1.807, 2.05) is 5.32 Å². The molecule has 0 aliphatic carbocycles. The number of amides is 1. The van der Waals surface area contributed by atoms with Crippen LogP contribution < -0.4 is 5.32 Å². The Morgan fingerprint density at radius 2 is 1.86 bits per heavy atom. The molecule has 80 valence electrons. The van der Waals surface area contributed by atoms with E-state index in [1.165, 1.54) is 0 Å². The number of carboxylic acid groups (broad SMARTS) is 2. The number of rotatable bonds is 6.